The summed E-state index contributed by atoms with van der Waals surface area (Å²) in [7, 11) is 0. The number of hydrogen-bond acceptors (Lipinski definition) is 2. The molecule has 3 rings (SSSR count). The molecule has 2 fully saturated rings. The van der Waals surface area contributed by atoms with Crippen molar-refractivity contribution in [3.63, 3.8) is 0 Å². The highest BCUT2D eigenvalue weighted by molar-refractivity contribution is 5.85. The molecule has 1 aromatic rings. The third kappa shape index (κ3) is 3.78. The van der Waals surface area contributed by atoms with Gasteiger partial charge in [-0.3, -0.25) is 4.79 Å². The van der Waals surface area contributed by atoms with Crippen LogP contribution in [0.4, 0.5) is 0 Å². The largest absolute Gasteiger partial charge is 0.353 e. The first-order chi connectivity index (χ1) is 9.65. The number of amides is 1. The third-order valence-electron chi connectivity index (χ3n) is 4.69. The van der Waals surface area contributed by atoms with Crippen molar-refractivity contribution >= 4 is 18.3 Å². The van der Waals surface area contributed by atoms with Gasteiger partial charge in [-0.25, -0.2) is 0 Å². The van der Waals surface area contributed by atoms with Gasteiger partial charge in [-0.05, 0) is 56.7 Å². The van der Waals surface area contributed by atoms with Crippen molar-refractivity contribution in [3.05, 3.63) is 35.4 Å². The maximum atomic E-state index is 12.3. The Labute approximate surface area is 133 Å². The molecule has 4 heteroatoms. The fourth-order valence-electron chi connectivity index (χ4n) is 3.40. The van der Waals surface area contributed by atoms with E-state index in [4.69, 9.17) is 0 Å². The number of carbonyl (C=O) groups is 1. The first kappa shape index (κ1) is 16.3. The van der Waals surface area contributed by atoms with Gasteiger partial charge >= 0.3 is 0 Å². The Kier molecular flexibility index (Phi) is 5.28. The van der Waals surface area contributed by atoms with Crippen LogP contribution in [-0.2, 0) is 4.79 Å². The van der Waals surface area contributed by atoms with E-state index >= 15 is 0 Å². The van der Waals surface area contributed by atoms with Gasteiger partial charge in [0, 0.05) is 18.0 Å². The molecular formula is C17H25ClN2O. The number of carbonyl (C=O) groups excluding carboxylic acids is 1. The van der Waals surface area contributed by atoms with Gasteiger partial charge in [-0.15, -0.1) is 12.4 Å². The molecule has 4 atom stereocenters. The van der Waals surface area contributed by atoms with E-state index in [0.717, 1.165) is 25.8 Å². The maximum Gasteiger partial charge on any atom is 0.223 e. The molecule has 1 aliphatic heterocycles. The Balaban J connectivity index is 0.00000161. The zero-order valence-corrected chi connectivity index (χ0v) is 13.6. The quantitative estimate of drug-likeness (QED) is 0.901. The van der Waals surface area contributed by atoms with E-state index < -0.39 is 0 Å². The maximum absolute atomic E-state index is 12.3. The highest BCUT2D eigenvalue weighted by Gasteiger charge is 2.44. The predicted molar refractivity (Wildman–Crippen MR) is 87.9 cm³/mol. The van der Waals surface area contributed by atoms with E-state index in [0.29, 0.717) is 18.0 Å². The summed E-state index contributed by atoms with van der Waals surface area (Å²) < 4.78 is 0. The van der Waals surface area contributed by atoms with Crippen LogP contribution in [0.25, 0.3) is 0 Å². The summed E-state index contributed by atoms with van der Waals surface area (Å²) in [4.78, 5) is 12.3. The van der Waals surface area contributed by atoms with Crippen LogP contribution in [0.2, 0.25) is 0 Å². The molecule has 2 N–H and O–H groups in total. The van der Waals surface area contributed by atoms with Crippen molar-refractivity contribution in [2.75, 3.05) is 6.54 Å². The Hall–Kier alpha value is -1.06. The van der Waals surface area contributed by atoms with Gasteiger partial charge in [0.05, 0.1) is 0 Å². The van der Waals surface area contributed by atoms with Crippen molar-refractivity contribution in [2.45, 2.75) is 51.1 Å². The van der Waals surface area contributed by atoms with Gasteiger partial charge in [0.2, 0.25) is 5.91 Å². The molecule has 1 aliphatic carbocycles. The summed E-state index contributed by atoms with van der Waals surface area (Å²) >= 11 is 0. The van der Waals surface area contributed by atoms with Crippen LogP contribution in [0, 0.1) is 12.8 Å². The lowest BCUT2D eigenvalue weighted by atomic mass is 10.00. The fourth-order valence-corrected chi connectivity index (χ4v) is 3.40. The number of piperidine rings is 1. The molecule has 1 aromatic carbocycles. The molecule has 0 bridgehead atoms. The smallest absolute Gasteiger partial charge is 0.223 e. The molecule has 21 heavy (non-hydrogen) atoms. The first-order valence-corrected chi connectivity index (χ1v) is 7.74. The average molecular weight is 309 g/mol. The zero-order chi connectivity index (χ0) is 14.1. The normalized spacial score (nSPS) is 31.1. The lowest BCUT2D eigenvalue weighted by molar-refractivity contribution is -0.123. The fraction of sp³-hybridized carbons (Fsp3) is 0.588. The second-order valence-electron chi connectivity index (χ2n) is 6.39. The molecule has 0 spiro atoms. The molecule has 1 saturated carbocycles. The van der Waals surface area contributed by atoms with Crippen LogP contribution in [0.1, 0.15) is 43.2 Å². The van der Waals surface area contributed by atoms with Crippen LogP contribution in [-0.4, -0.2) is 24.5 Å². The van der Waals surface area contributed by atoms with Crippen molar-refractivity contribution in [1.29, 1.82) is 0 Å². The zero-order valence-electron chi connectivity index (χ0n) is 12.8. The summed E-state index contributed by atoms with van der Waals surface area (Å²) in [5.41, 5.74) is 2.66. The van der Waals surface area contributed by atoms with Gasteiger partial charge in [0.25, 0.3) is 0 Å². The second kappa shape index (κ2) is 6.80. The molecule has 0 radical (unpaired) electrons. The molecule has 1 amide bonds. The van der Waals surface area contributed by atoms with Crippen LogP contribution in [0.15, 0.2) is 24.3 Å². The van der Waals surface area contributed by atoms with Gasteiger partial charge in [0.15, 0.2) is 0 Å². The van der Waals surface area contributed by atoms with Gasteiger partial charge < -0.3 is 10.6 Å². The molecule has 2 aliphatic rings. The van der Waals surface area contributed by atoms with Crippen molar-refractivity contribution in [1.82, 2.24) is 10.6 Å². The van der Waals surface area contributed by atoms with Crippen LogP contribution < -0.4 is 10.6 Å². The van der Waals surface area contributed by atoms with Crippen molar-refractivity contribution in [3.8, 4) is 0 Å². The minimum Gasteiger partial charge on any atom is -0.353 e. The van der Waals surface area contributed by atoms with Crippen LogP contribution >= 0.6 is 12.4 Å². The molecule has 4 unspecified atom stereocenters. The molecule has 116 valence electrons. The molecule has 1 saturated heterocycles. The van der Waals surface area contributed by atoms with E-state index in [1.54, 1.807) is 0 Å². The van der Waals surface area contributed by atoms with Gasteiger partial charge in [0.1, 0.15) is 0 Å². The summed E-state index contributed by atoms with van der Waals surface area (Å²) in [6.45, 7) is 5.33. The summed E-state index contributed by atoms with van der Waals surface area (Å²) in [5.74, 6) is 0.897. The van der Waals surface area contributed by atoms with E-state index in [9.17, 15) is 4.79 Å². The molecular weight excluding hydrogens is 284 g/mol. The van der Waals surface area contributed by atoms with Crippen LogP contribution in [0.5, 0.6) is 0 Å². The van der Waals surface area contributed by atoms with Crippen molar-refractivity contribution < 1.29 is 4.79 Å². The van der Waals surface area contributed by atoms with Crippen molar-refractivity contribution in [2.24, 2.45) is 5.92 Å². The Bertz CT molecular complexity index is 505. The lowest BCUT2D eigenvalue weighted by Gasteiger charge is -2.28. The highest BCUT2D eigenvalue weighted by Crippen LogP contribution is 2.48. The lowest BCUT2D eigenvalue weighted by Crippen LogP contribution is -2.47. The molecule has 1 heterocycles. The number of halogens is 1. The first-order valence-electron chi connectivity index (χ1n) is 7.74. The average Bonchev–Trinajstić information content (AvgIpc) is 3.19. The van der Waals surface area contributed by atoms with E-state index in [1.807, 2.05) is 0 Å². The summed E-state index contributed by atoms with van der Waals surface area (Å²) in [6.07, 6.45) is 3.11. The van der Waals surface area contributed by atoms with Gasteiger partial charge in [-0.2, -0.15) is 0 Å². The van der Waals surface area contributed by atoms with E-state index in [2.05, 4.69) is 48.7 Å². The second-order valence-corrected chi connectivity index (χ2v) is 6.39. The number of rotatable bonds is 3. The monoisotopic (exact) mass is 308 g/mol. The Morgan fingerprint density at radius 2 is 2.05 bits per heavy atom. The number of nitrogens with one attached hydrogen (secondary N) is 2. The predicted octanol–water partition coefficient (Wildman–Crippen LogP) is 2.78. The van der Waals surface area contributed by atoms with Gasteiger partial charge in [-0.1, -0.05) is 24.3 Å². The number of benzene rings is 1. The standard InChI is InChI=1S/C17H24N2O.ClH/c1-11-5-3-4-6-14(11)15-10-16(15)17(20)19-13-7-8-18-12(2)9-13;/h3-6,12-13,15-16,18H,7-10H2,1-2H3,(H,19,20);1H. The Morgan fingerprint density at radius 1 is 1.29 bits per heavy atom. The number of aryl methyl sites for hydroxylation is 1. The van der Waals surface area contributed by atoms with E-state index in [1.165, 1.54) is 11.1 Å². The summed E-state index contributed by atoms with van der Waals surface area (Å²) in [6, 6.07) is 9.31. The highest BCUT2D eigenvalue weighted by atomic mass is 35.5. The van der Waals surface area contributed by atoms with Crippen LogP contribution in [0.3, 0.4) is 0 Å². The Morgan fingerprint density at radius 3 is 2.76 bits per heavy atom. The minimum atomic E-state index is 0. The molecule has 0 aromatic heterocycles. The third-order valence-corrected chi connectivity index (χ3v) is 4.69. The topological polar surface area (TPSA) is 41.1 Å². The molecule has 3 nitrogen and oxygen atoms in total. The summed E-state index contributed by atoms with van der Waals surface area (Å²) in [5, 5.41) is 6.67. The SMILES string of the molecule is Cc1ccccc1C1CC1C(=O)NC1CCNC(C)C1.Cl. The number of hydrogen-bond donors (Lipinski definition) is 2. The van der Waals surface area contributed by atoms with E-state index in [-0.39, 0.29) is 24.2 Å². The minimum absolute atomic E-state index is 0.